The number of carbonyl (C=O) groups excluding carboxylic acids is 1. The van der Waals surface area contributed by atoms with E-state index >= 15 is 0 Å². The van der Waals surface area contributed by atoms with Crippen LogP contribution in [0.2, 0.25) is 0 Å². The average Bonchev–Trinajstić information content (AvgIpc) is 2.97. The molecule has 2 aromatic carbocycles. The molecule has 0 aromatic heterocycles. The lowest BCUT2D eigenvalue weighted by atomic mass is 10.1. The van der Waals surface area contributed by atoms with E-state index in [1.807, 2.05) is 0 Å². The molecule has 9 heteroatoms. The summed E-state index contributed by atoms with van der Waals surface area (Å²) in [5, 5.41) is -1.21. The lowest BCUT2D eigenvalue weighted by Gasteiger charge is -2.13. The van der Waals surface area contributed by atoms with E-state index in [1.54, 1.807) is 25.1 Å². The van der Waals surface area contributed by atoms with E-state index in [0.29, 0.717) is 5.75 Å². The Morgan fingerprint density at radius 1 is 1.17 bits per heavy atom. The second-order valence-corrected chi connectivity index (χ2v) is 10.4. The first-order valence-corrected chi connectivity index (χ1v) is 12.1. The van der Waals surface area contributed by atoms with Crippen LogP contribution in [0.3, 0.4) is 0 Å². The lowest BCUT2D eigenvalue weighted by molar-refractivity contribution is -0.137. The van der Waals surface area contributed by atoms with Crippen molar-refractivity contribution < 1.29 is 31.1 Å². The Balaban J connectivity index is 1.87. The lowest BCUT2D eigenvalue weighted by Crippen LogP contribution is -2.15. The third-order valence-electron chi connectivity index (χ3n) is 4.37. The van der Waals surface area contributed by atoms with Gasteiger partial charge in [0.1, 0.15) is 17.6 Å². The van der Waals surface area contributed by atoms with Crippen LogP contribution < -0.4 is 4.74 Å². The predicted octanol–water partition coefficient (Wildman–Crippen LogP) is 2.49. The number of carbonyl (C=O) groups is 1. The van der Waals surface area contributed by atoms with E-state index < -0.39 is 36.6 Å². The van der Waals surface area contributed by atoms with Crippen LogP contribution in [0, 0.1) is 0 Å². The van der Waals surface area contributed by atoms with Gasteiger partial charge in [-0.1, -0.05) is 18.2 Å². The highest BCUT2D eigenvalue weighted by Gasteiger charge is 2.43. The zero-order valence-electron chi connectivity index (χ0n) is 15.6. The maximum atomic E-state index is 13.0. The maximum Gasteiger partial charge on any atom is 0.330 e. The molecule has 0 bridgehead atoms. The predicted molar refractivity (Wildman–Crippen MR) is 106 cm³/mol. The first-order valence-electron chi connectivity index (χ1n) is 8.87. The number of esters is 1. The molecular formula is C20H20O7S2. The molecule has 3 rings (SSSR count). The number of ether oxygens (including phenoxy) is 2. The van der Waals surface area contributed by atoms with Crippen molar-refractivity contribution in [1.29, 1.82) is 0 Å². The number of benzene rings is 2. The van der Waals surface area contributed by atoms with E-state index in [4.69, 9.17) is 9.47 Å². The SMILES string of the molecule is CCOC(=O)C=CCOc1ccc2c(c1)C(S(=O)(=O)c1ccccc1)CS2(=O)=O. The van der Waals surface area contributed by atoms with Crippen LogP contribution in [0.5, 0.6) is 5.75 Å². The highest BCUT2D eigenvalue weighted by molar-refractivity contribution is 7.96. The summed E-state index contributed by atoms with van der Waals surface area (Å²) < 4.78 is 61.3. The van der Waals surface area contributed by atoms with Gasteiger partial charge in [-0.15, -0.1) is 0 Å². The molecule has 0 saturated heterocycles. The van der Waals surface area contributed by atoms with Crippen LogP contribution in [0.4, 0.5) is 0 Å². The molecule has 0 radical (unpaired) electrons. The van der Waals surface area contributed by atoms with Crippen molar-refractivity contribution in [1.82, 2.24) is 0 Å². The van der Waals surface area contributed by atoms with E-state index in [2.05, 4.69) is 0 Å². The summed E-state index contributed by atoms with van der Waals surface area (Å²) in [5.41, 5.74) is 0.195. The van der Waals surface area contributed by atoms with Crippen LogP contribution in [0.25, 0.3) is 0 Å². The molecule has 29 heavy (non-hydrogen) atoms. The Labute approximate surface area is 169 Å². The fraction of sp³-hybridized carbons (Fsp3) is 0.250. The van der Waals surface area contributed by atoms with Gasteiger partial charge in [0, 0.05) is 6.08 Å². The van der Waals surface area contributed by atoms with Crippen LogP contribution in [0.1, 0.15) is 17.7 Å². The van der Waals surface area contributed by atoms with E-state index in [-0.39, 0.29) is 28.6 Å². The van der Waals surface area contributed by atoms with E-state index in [1.165, 1.54) is 42.5 Å². The molecule has 1 unspecified atom stereocenters. The molecule has 2 aromatic rings. The van der Waals surface area contributed by atoms with Gasteiger partial charge in [0.05, 0.1) is 22.2 Å². The van der Waals surface area contributed by atoms with Crippen molar-refractivity contribution in [3.05, 3.63) is 66.2 Å². The number of rotatable bonds is 7. The standard InChI is InChI=1S/C20H20O7S2/c1-2-26-20(21)9-6-12-27-15-10-11-18-17(13-15)19(14-28(18,22)23)29(24,25)16-7-4-3-5-8-16/h3-11,13,19H,2,12,14H2,1H3. The zero-order chi connectivity index (χ0) is 21.1. The van der Waals surface area contributed by atoms with Gasteiger partial charge in [0.2, 0.25) is 0 Å². The summed E-state index contributed by atoms with van der Waals surface area (Å²) in [6.07, 6.45) is 2.68. The molecule has 0 amide bonds. The highest BCUT2D eigenvalue weighted by Crippen LogP contribution is 2.42. The van der Waals surface area contributed by atoms with Gasteiger partial charge in [-0.05, 0) is 48.9 Å². The van der Waals surface area contributed by atoms with Crippen LogP contribution in [0.15, 0.2) is 70.5 Å². The van der Waals surface area contributed by atoms with E-state index in [0.717, 1.165) is 0 Å². The molecule has 7 nitrogen and oxygen atoms in total. The quantitative estimate of drug-likeness (QED) is 0.485. The molecule has 0 N–H and O–H groups in total. The molecule has 1 aliphatic heterocycles. The Morgan fingerprint density at radius 2 is 1.90 bits per heavy atom. The first kappa shape index (κ1) is 21.1. The molecule has 0 fully saturated rings. The zero-order valence-corrected chi connectivity index (χ0v) is 17.3. The fourth-order valence-corrected chi connectivity index (χ4v) is 7.36. The van der Waals surface area contributed by atoms with E-state index in [9.17, 15) is 21.6 Å². The molecule has 0 aliphatic carbocycles. The summed E-state index contributed by atoms with van der Waals surface area (Å²) in [6.45, 7) is 2.00. The summed E-state index contributed by atoms with van der Waals surface area (Å²) in [7, 11) is -7.61. The first-order chi connectivity index (χ1) is 13.8. The van der Waals surface area contributed by atoms with Crippen molar-refractivity contribution in [2.24, 2.45) is 0 Å². The molecule has 0 saturated carbocycles. The number of sulfone groups is 2. The minimum absolute atomic E-state index is 0.00331. The summed E-state index contributed by atoms with van der Waals surface area (Å²) in [6, 6.07) is 12.0. The summed E-state index contributed by atoms with van der Waals surface area (Å²) in [5.74, 6) is -0.695. The average molecular weight is 437 g/mol. The summed E-state index contributed by atoms with van der Waals surface area (Å²) >= 11 is 0. The second-order valence-electron chi connectivity index (χ2n) is 6.29. The van der Waals surface area contributed by atoms with Gasteiger partial charge in [-0.25, -0.2) is 21.6 Å². The van der Waals surface area contributed by atoms with Crippen molar-refractivity contribution in [3.63, 3.8) is 0 Å². The van der Waals surface area contributed by atoms with Gasteiger partial charge in [0.15, 0.2) is 19.7 Å². The van der Waals surface area contributed by atoms with Gasteiger partial charge in [-0.3, -0.25) is 0 Å². The van der Waals surface area contributed by atoms with Crippen LogP contribution in [-0.2, 0) is 29.2 Å². The fourth-order valence-electron chi connectivity index (χ4n) is 3.04. The van der Waals surface area contributed by atoms with Crippen molar-refractivity contribution in [2.45, 2.75) is 22.0 Å². The number of hydrogen-bond acceptors (Lipinski definition) is 7. The minimum Gasteiger partial charge on any atom is -0.490 e. The third kappa shape index (κ3) is 4.51. The Morgan fingerprint density at radius 3 is 2.59 bits per heavy atom. The molecule has 1 aliphatic rings. The molecule has 1 heterocycles. The van der Waals surface area contributed by atoms with Crippen LogP contribution >= 0.6 is 0 Å². The Kier molecular flexibility index (Phi) is 6.09. The van der Waals surface area contributed by atoms with Gasteiger partial charge < -0.3 is 9.47 Å². The Bertz CT molecular complexity index is 1130. The van der Waals surface area contributed by atoms with Gasteiger partial charge in [-0.2, -0.15) is 0 Å². The maximum absolute atomic E-state index is 13.0. The largest absolute Gasteiger partial charge is 0.490 e. The minimum atomic E-state index is -3.89. The molecular weight excluding hydrogens is 416 g/mol. The number of fused-ring (bicyclic) bond motifs is 1. The smallest absolute Gasteiger partial charge is 0.330 e. The van der Waals surface area contributed by atoms with Gasteiger partial charge >= 0.3 is 5.97 Å². The summed E-state index contributed by atoms with van der Waals surface area (Å²) in [4.78, 5) is 11.3. The molecule has 1 atom stereocenters. The monoisotopic (exact) mass is 436 g/mol. The van der Waals surface area contributed by atoms with Crippen molar-refractivity contribution in [3.8, 4) is 5.75 Å². The van der Waals surface area contributed by atoms with Crippen LogP contribution in [-0.4, -0.2) is 41.8 Å². The normalized spacial score (nSPS) is 17.8. The molecule has 154 valence electrons. The van der Waals surface area contributed by atoms with Crippen molar-refractivity contribution >= 4 is 25.6 Å². The topological polar surface area (TPSA) is 104 Å². The number of hydrogen-bond donors (Lipinski definition) is 0. The molecule has 0 spiro atoms. The Hall–Kier alpha value is -2.65. The van der Waals surface area contributed by atoms with Crippen molar-refractivity contribution in [2.75, 3.05) is 19.0 Å². The second kappa shape index (κ2) is 8.38. The van der Waals surface area contributed by atoms with Gasteiger partial charge in [0.25, 0.3) is 0 Å². The third-order valence-corrected chi connectivity index (χ3v) is 8.49. The highest BCUT2D eigenvalue weighted by atomic mass is 32.2.